The van der Waals surface area contributed by atoms with Crippen LogP contribution in [0.15, 0.2) is 101 Å². The Bertz CT molecular complexity index is 1300. The Hall–Kier alpha value is -3.12. The first-order valence-electron chi connectivity index (χ1n) is 11.2. The average Bonchev–Trinajstić information content (AvgIpc) is 2.84. The number of hydrogen-bond acceptors (Lipinski definition) is 5. The maximum absolute atomic E-state index is 12.0. The lowest BCUT2D eigenvalue weighted by Crippen LogP contribution is -2.28. The fourth-order valence-electron chi connectivity index (χ4n) is 3.82. The summed E-state index contributed by atoms with van der Waals surface area (Å²) in [4.78, 5) is 14.3. The third-order valence-corrected chi connectivity index (χ3v) is 6.45. The van der Waals surface area contributed by atoms with Gasteiger partial charge in [-0.05, 0) is 64.4 Å². The van der Waals surface area contributed by atoms with E-state index in [1.54, 1.807) is 25.8 Å². The Morgan fingerprint density at radius 2 is 1.62 bits per heavy atom. The second-order valence-corrected chi connectivity index (χ2v) is 9.30. The number of hydrogen-bond donors (Lipinski definition) is 0. The molecule has 0 N–H and O–H groups in total. The molecule has 4 aromatic carbocycles. The van der Waals surface area contributed by atoms with E-state index in [9.17, 15) is 4.79 Å². The zero-order valence-corrected chi connectivity index (χ0v) is 20.3. The van der Waals surface area contributed by atoms with Crippen LogP contribution in [0.25, 0.3) is 21.5 Å². The minimum atomic E-state index is -0.500. The maximum Gasteiger partial charge on any atom is 0.333 e. The number of fused-ring (bicyclic) bond motifs is 2. The van der Waals surface area contributed by atoms with Crippen molar-refractivity contribution in [3.05, 3.63) is 96.6 Å². The van der Waals surface area contributed by atoms with Gasteiger partial charge < -0.3 is 14.2 Å². The molecule has 0 bridgehead atoms. The van der Waals surface area contributed by atoms with Crippen molar-refractivity contribution in [2.75, 3.05) is 20.3 Å². The molecule has 1 unspecified atom stereocenters. The Labute approximate surface area is 204 Å². The molecule has 0 aliphatic heterocycles. The monoisotopic (exact) mass is 472 g/mol. The molecule has 34 heavy (non-hydrogen) atoms. The first-order chi connectivity index (χ1) is 16.5. The number of ether oxygens (including phenoxy) is 3. The van der Waals surface area contributed by atoms with Crippen LogP contribution in [0.5, 0.6) is 0 Å². The summed E-state index contributed by atoms with van der Waals surface area (Å²) in [7, 11) is 1.58. The van der Waals surface area contributed by atoms with Gasteiger partial charge in [0, 0.05) is 22.5 Å². The summed E-state index contributed by atoms with van der Waals surface area (Å²) in [5.41, 5.74) is 1.47. The summed E-state index contributed by atoms with van der Waals surface area (Å²) in [6.07, 6.45) is -0.500. The first kappa shape index (κ1) is 24.0. The molecule has 4 rings (SSSR count). The number of methoxy groups -OCH3 is 1. The zero-order chi connectivity index (χ0) is 23.9. The van der Waals surface area contributed by atoms with Crippen molar-refractivity contribution < 1.29 is 19.0 Å². The van der Waals surface area contributed by atoms with Crippen LogP contribution >= 0.6 is 11.8 Å². The molecule has 4 nitrogen and oxygen atoms in total. The lowest BCUT2D eigenvalue weighted by molar-refractivity contribution is -0.150. The summed E-state index contributed by atoms with van der Waals surface area (Å²) < 4.78 is 16.8. The summed E-state index contributed by atoms with van der Waals surface area (Å²) in [5, 5.41) is 4.64. The van der Waals surface area contributed by atoms with E-state index in [0.29, 0.717) is 12.2 Å². The molecule has 0 spiro atoms. The van der Waals surface area contributed by atoms with Crippen molar-refractivity contribution in [2.24, 2.45) is 0 Å². The molecule has 174 valence electrons. The predicted octanol–water partition coefficient (Wildman–Crippen LogP) is 6.80. The fraction of sp³-hybridized carbons (Fsp3) is 0.207. The van der Waals surface area contributed by atoms with Gasteiger partial charge in [-0.3, -0.25) is 0 Å². The number of esters is 1. The van der Waals surface area contributed by atoms with E-state index in [1.807, 2.05) is 30.3 Å². The highest BCUT2D eigenvalue weighted by atomic mass is 32.2. The molecule has 0 saturated heterocycles. The second-order valence-electron chi connectivity index (χ2n) is 8.15. The summed E-state index contributed by atoms with van der Waals surface area (Å²) in [5.74, 6) is -0.441. The lowest BCUT2D eigenvalue weighted by atomic mass is 9.97. The molecule has 0 heterocycles. The number of rotatable bonds is 10. The highest BCUT2D eigenvalue weighted by Gasteiger charge is 2.16. The van der Waals surface area contributed by atoms with Crippen molar-refractivity contribution in [1.29, 1.82) is 0 Å². The third-order valence-electron chi connectivity index (χ3n) is 5.45. The molecule has 0 aliphatic carbocycles. The Kier molecular flexibility index (Phi) is 8.01. The van der Waals surface area contributed by atoms with Crippen LogP contribution in [0.4, 0.5) is 0 Å². The van der Waals surface area contributed by atoms with Gasteiger partial charge in [-0.15, -0.1) is 0 Å². The molecule has 4 aromatic rings. The van der Waals surface area contributed by atoms with Gasteiger partial charge in [0.05, 0.1) is 19.8 Å². The van der Waals surface area contributed by atoms with Crippen molar-refractivity contribution in [3.8, 4) is 0 Å². The standard InChI is InChI=1S/C29H28O4S/c1-20(2)29(30)33-23(17-31-3)18-32-19-28-26-12-8-7-9-21(26)15-22-13-14-25(16-27(22)28)34-24-10-5-4-6-11-24/h4-16,23H,1,17-19H2,2-3H3. The van der Waals surface area contributed by atoms with Gasteiger partial charge in [-0.25, -0.2) is 4.79 Å². The molecule has 0 aromatic heterocycles. The van der Waals surface area contributed by atoms with Gasteiger partial charge in [0.1, 0.15) is 6.10 Å². The lowest BCUT2D eigenvalue weighted by Gasteiger charge is -2.18. The molecule has 0 fully saturated rings. The number of carbonyl (C=O) groups is 1. The smallest absolute Gasteiger partial charge is 0.333 e. The van der Waals surface area contributed by atoms with E-state index in [1.165, 1.54) is 15.2 Å². The first-order valence-corrected chi connectivity index (χ1v) is 12.0. The molecular formula is C29H28O4S. The quantitative estimate of drug-likeness (QED) is 0.144. The summed E-state index contributed by atoms with van der Waals surface area (Å²) in [6.45, 7) is 6.15. The van der Waals surface area contributed by atoms with Crippen LogP contribution < -0.4 is 0 Å². The van der Waals surface area contributed by atoms with Gasteiger partial charge in [-0.1, -0.05) is 66.9 Å². The molecule has 0 saturated carbocycles. The largest absolute Gasteiger partial charge is 0.454 e. The van der Waals surface area contributed by atoms with Crippen LogP contribution in [-0.2, 0) is 25.6 Å². The fourth-order valence-corrected chi connectivity index (χ4v) is 4.70. The van der Waals surface area contributed by atoms with Gasteiger partial charge in [0.25, 0.3) is 0 Å². The summed E-state index contributed by atoms with van der Waals surface area (Å²) >= 11 is 1.74. The van der Waals surface area contributed by atoms with E-state index >= 15 is 0 Å². The van der Waals surface area contributed by atoms with Gasteiger partial charge in [0.2, 0.25) is 0 Å². The predicted molar refractivity (Wildman–Crippen MR) is 138 cm³/mol. The van der Waals surface area contributed by atoms with Crippen molar-refractivity contribution in [1.82, 2.24) is 0 Å². The van der Waals surface area contributed by atoms with Crippen molar-refractivity contribution in [2.45, 2.75) is 29.4 Å². The molecule has 0 aliphatic rings. The van der Waals surface area contributed by atoms with Crippen LogP contribution in [0.2, 0.25) is 0 Å². The molecule has 1 atom stereocenters. The molecule has 0 radical (unpaired) electrons. The van der Waals surface area contributed by atoms with E-state index in [2.05, 4.69) is 55.1 Å². The highest BCUT2D eigenvalue weighted by molar-refractivity contribution is 7.99. The Morgan fingerprint density at radius 1 is 0.882 bits per heavy atom. The minimum absolute atomic E-state index is 0.232. The Balaban J connectivity index is 1.62. The maximum atomic E-state index is 12.0. The second kappa shape index (κ2) is 11.3. The van der Waals surface area contributed by atoms with Gasteiger partial charge in [-0.2, -0.15) is 0 Å². The normalized spacial score (nSPS) is 12.1. The average molecular weight is 473 g/mol. The van der Waals surface area contributed by atoms with Crippen LogP contribution in [0.3, 0.4) is 0 Å². The minimum Gasteiger partial charge on any atom is -0.454 e. The van der Waals surface area contributed by atoms with Crippen LogP contribution in [0, 0.1) is 0 Å². The van der Waals surface area contributed by atoms with E-state index < -0.39 is 12.1 Å². The third kappa shape index (κ3) is 5.86. The zero-order valence-electron chi connectivity index (χ0n) is 19.5. The van der Waals surface area contributed by atoms with Crippen molar-refractivity contribution >= 4 is 39.3 Å². The Morgan fingerprint density at radius 3 is 2.38 bits per heavy atom. The van der Waals surface area contributed by atoms with Crippen LogP contribution in [-0.4, -0.2) is 32.4 Å². The van der Waals surface area contributed by atoms with Gasteiger partial charge >= 0.3 is 5.97 Å². The van der Waals surface area contributed by atoms with E-state index in [0.717, 1.165) is 21.7 Å². The van der Waals surface area contributed by atoms with E-state index in [-0.39, 0.29) is 13.2 Å². The topological polar surface area (TPSA) is 44.8 Å². The highest BCUT2D eigenvalue weighted by Crippen LogP contribution is 2.34. The van der Waals surface area contributed by atoms with E-state index in [4.69, 9.17) is 14.2 Å². The number of benzene rings is 4. The molecule has 5 heteroatoms. The van der Waals surface area contributed by atoms with Crippen LogP contribution in [0.1, 0.15) is 12.5 Å². The van der Waals surface area contributed by atoms with Gasteiger partial charge in [0.15, 0.2) is 0 Å². The van der Waals surface area contributed by atoms with Crippen molar-refractivity contribution in [3.63, 3.8) is 0 Å². The SMILES string of the molecule is C=C(C)C(=O)OC(COC)COCc1c2ccccc2cc2ccc(Sc3ccccc3)cc12. The number of carbonyl (C=O) groups excluding carboxylic acids is 1. The molecular weight excluding hydrogens is 444 g/mol. The molecule has 0 amide bonds. The summed E-state index contributed by atoms with van der Waals surface area (Å²) in [6, 6.07) is 27.4.